The largest absolute Gasteiger partial charge is 0.481 e. The Morgan fingerprint density at radius 1 is 1.47 bits per heavy atom. The SMILES string of the molecule is CC(C)C1CC(C(=O)O)(c2cccc(N)c2)C1. The van der Waals surface area contributed by atoms with Gasteiger partial charge in [0, 0.05) is 5.69 Å². The number of hydrogen-bond donors (Lipinski definition) is 2. The summed E-state index contributed by atoms with van der Waals surface area (Å²) in [5, 5.41) is 9.49. The summed E-state index contributed by atoms with van der Waals surface area (Å²) in [6, 6.07) is 7.29. The van der Waals surface area contributed by atoms with E-state index in [2.05, 4.69) is 13.8 Å². The minimum atomic E-state index is -0.722. The van der Waals surface area contributed by atoms with E-state index in [-0.39, 0.29) is 0 Å². The van der Waals surface area contributed by atoms with Gasteiger partial charge in [-0.25, -0.2) is 0 Å². The zero-order valence-electron chi connectivity index (χ0n) is 10.3. The molecule has 92 valence electrons. The number of nitrogen functional groups attached to an aromatic ring is 1. The number of carboxylic acids is 1. The Kier molecular flexibility index (Phi) is 2.86. The van der Waals surface area contributed by atoms with Gasteiger partial charge in [0.1, 0.15) is 0 Å². The fraction of sp³-hybridized carbons (Fsp3) is 0.500. The topological polar surface area (TPSA) is 63.3 Å². The number of aliphatic carboxylic acids is 1. The Morgan fingerprint density at radius 2 is 2.12 bits per heavy atom. The predicted octanol–water partition coefficient (Wildman–Crippen LogP) is 2.66. The summed E-state index contributed by atoms with van der Waals surface area (Å²) in [5.41, 5.74) is 6.52. The number of benzene rings is 1. The third-order valence-corrected chi connectivity index (χ3v) is 4.01. The van der Waals surface area contributed by atoms with Crippen LogP contribution in [0.4, 0.5) is 5.69 Å². The Hall–Kier alpha value is -1.51. The van der Waals surface area contributed by atoms with E-state index >= 15 is 0 Å². The highest BCUT2D eigenvalue weighted by molar-refractivity contribution is 5.83. The Balaban J connectivity index is 2.30. The van der Waals surface area contributed by atoms with Crippen LogP contribution in [0, 0.1) is 11.8 Å². The summed E-state index contributed by atoms with van der Waals surface area (Å²) in [6.45, 7) is 4.30. The van der Waals surface area contributed by atoms with Crippen LogP contribution in [0.1, 0.15) is 32.3 Å². The summed E-state index contributed by atoms with van der Waals surface area (Å²) in [6.07, 6.45) is 1.45. The molecule has 0 saturated heterocycles. The first-order valence-electron chi connectivity index (χ1n) is 6.05. The van der Waals surface area contributed by atoms with Crippen LogP contribution in [0.25, 0.3) is 0 Å². The van der Waals surface area contributed by atoms with Crippen LogP contribution in [0.15, 0.2) is 24.3 Å². The molecule has 1 aromatic carbocycles. The van der Waals surface area contributed by atoms with Crippen molar-refractivity contribution in [2.24, 2.45) is 11.8 Å². The van der Waals surface area contributed by atoms with Gasteiger partial charge in [-0.1, -0.05) is 26.0 Å². The van der Waals surface area contributed by atoms with Crippen LogP contribution >= 0.6 is 0 Å². The average Bonchev–Trinajstić information content (AvgIpc) is 2.14. The van der Waals surface area contributed by atoms with Gasteiger partial charge in [-0.2, -0.15) is 0 Å². The minimum absolute atomic E-state index is 0.507. The van der Waals surface area contributed by atoms with E-state index in [1.165, 1.54) is 0 Å². The molecule has 0 unspecified atom stereocenters. The van der Waals surface area contributed by atoms with Crippen molar-refractivity contribution in [2.75, 3.05) is 5.73 Å². The molecule has 0 radical (unpaired) electrons. The third-order valence-electron chi connectivity index (χ3n) is 4.01. The van der Waals surface area contributed by atoms with Crippen LogP contribution in [0.3, 0.4) is 0 Å². The molecule has 0 amide bonds. The first kappa shape index (κ1) is 12.0. The highest BCUT2D eigenvalue weighted by Crippen LogP contribution is 2.51. The van der Waals surface area contributed by atoms with Gasteiger partial charge in [0.2, 0.25) is 0 Å². The summed E-state index contributed by atoms with van der Waals surface area (Å²) < 4.78 is 0. The molecule has 0 spiro atoms. The van der Waals surface area contributed by atoms with Gasteiger partial charge in [0.05, 0.1) is 5.41 Å². The maximum Gasteiger partial charge on any atom is 0.314 e. The number of nitrogens with two attached hydrogens (primary N) is 1. The molecule has 3 heteroatoms. The lowest BCUT2D eigenvalue weighted by Crippen LogP contribution is -2.49. The molecule has 1 fully saturated rings. The van der Waals surface area contributed by atoms with E-state index in [9.17, 15) is 9.90 Å². The van der Waals surface area contributed by atoms with Gasteiger partial charge in [-0.15, -0.1) is 0 Å². The van der Waals surface area contributed by atoms with Gasteiger partial charge in [0.15, 0.2) is 0 Å². The molecule has 0 aromatic heterocycles. The maximum atomic E-state index is 11.5. The van der Waals surface area contributed by atoms with E-state index in [1.54, 1.807) is 12.1 Å². The molecule has 3 nitrogen and oxygen atoms in total. The predicted molar refractivity (Wildman–Crippen MR) is 67.7 cm³/mol. The van der Waals surface area contributed by atoms with Crippen molar-refractivity contribution in [3.8, 4) is 0 Å². The molecule has 1 aliphatic rings. The van der Waals surface area contributed by atoms with Crippen molar-refractivity contribution in [1.29, 1.82) is 0 Å². The molecule has 1 aromatic rings. The standard InChI is InChI=1S/C14H19NO2/c1-9(2)10-7-14(8-10,13(16)17)11-4-3-5-12(15)6-11/h3-6,9-10H,7-8,15H2,1-2H3,(H,16,17). The van der Waals surface area contributed by atoms with Crippen molar-refractivity contribution in [3.05, 3.63) is 29.8 Å². The van der Waals surface area contributed by atoms with Crippen LogP contribution in [0.5, 0.6) is 0 Å². The minimum Gasteiger partial charge on any atom is -0.481 e. The Labute approximate surface area is 102 Å². The number of carbonyl (C=O) groups is 1. The molecule has 3 N–H and O–H groups in total. The summed E-state index contributed by atoms with van der Waals surface area (Å²) >= 11 is 0. The first-order chi connectivity index (χ1) is 7.95. The average molecular weight is 233 g/mol. The lowest BCUT2D eigenvalue weighted by Gasteiger charge is -2.46. The smallest absolute Gasteiger partial charge is 0.314 e. The summed E-state index contributed by atoms with van der Waals surface area (Å²) in [4.78, 5) is 11.5. The van der Waals surface area contributed by atoms with E-state index in [1.807, 2.05) is 12.1 Å². The third kappa shape index (κ3) is 1.90. The zero-order chi connectivity index (χ0) is 12.6. The number of hydrogen-bond acceptors (Lipinski definition) is 2. The van der Waals surface area contributed by atoms with Gasteiger partial charge in [-0.05, 0) is 42.4 Å². The van der Waals surface area contributed by atoms with Gasteiger partial charge in [0.25, 0.3) is 0 Å². The van der Waals surface area contributed by atoms with Crippen LogP contribution in [-0.2, 0) is 10.2 Å². The van der Waals surface area contributed by atoms with Crippen LogP contribution in [-0.4, -0.2) is 11.1 Å². The van der Waals surface area contributed by atoms with E-state index in [0.29, 0.717) is 17.5 Å². The number of rotatable bonds is 3. The van der Waals surface area contributed by atoms with Crippen LogP contribution in [0.2, 0.25) is 0 Å². The molecule has 0 aliphatic heterocycles. The Morgan fingerprint density at radius 3 is 2.59 bits per heavy atom. The lowest BCUT2D eigenvalue weighted by atomic mass is 9.56. The molecular formula is C14H19NO2. The molecule has 0 bridgehead atoms. The number of carboxylic acid groups (broad SMARTS) is 1. The lowest BCUT2D eigenvalue weighted by molar-refractivity contribution is -0.150. The number of anilines is 1. The van der Waals surface area contributed by atoms with Gasteiger partial charge >= 0.3 is 5.97 Å². The van der Waals surface area contributed by atoms with Crippen molar-refractivity contribution in [3.63, 3.8) is 0 Å². The molecule has 0 atom stereocenters. The molecule has 2 rings (SSSR count). The monoisotopic (exact) mass is 233 g/mol. The quantitative estimate of drug-likeness (QED) is 0.789. The van der Waals surface area contributed by atoms with Crippen LogP contribution < -0.4 is 5.73 Å². The fourth-order valence-electron chi connectivity index (χ4n) is 2.68. The highest BCUT2D eigenvalue weighted by Gasteiger charge is 2.52. The molecule has 1 saturated carbocycles. The molecule has 1 aliphatic carbocycles. The molecule has 0 heterocycles. The van der Waals surface area contributed by atoms with Crippen molar-refractivity contribution in [2.45, 2.75) is 32.1 Å². The van der Waals surface area contributed by atoms with Crippen molar-refractivity contribution >= 4 is 11.7 Å². The van der Waals surface area contributed by atoms with Gasteiger partial charge in [-0.3, -0.25) is 4.79 Å². The molecule has 17 heavy (non-hydrogen) atoms. The van der Waals surface area contributed by atoms with E-state index in [4.69, 9.17) is 5.73 Å². The van der Waals surface area contributed by atoms with Gasteiger partial charge < -0.3 is 10.8 Å². The highest BCUT2D eigenvalue weighted by atomic mass is 16.4. The summed E-state index contributed by atoms with van der Waals surface area (Å²) in [7, 11) is 0. The second-order valence-electron chi connectivity index (χ2n) is 5.43. The van der Waals surface area contributed by atoms with Crippen molar-refractivity contribution < 1.29 is 9.90 Å². The molecular weight excluding hydrogens is 214 g/mol. The summed E-state index contributed by atoms with van der Waals surface area (Å²) in [5.74, 6) is 0.330. The second kappa shape index (κ2) is 4.06. The van der Waals surface area contributed by atoms with E-state index < -0.39 is 11.4 Å². The van der Waals surface area contributed by atoms with E-state index in [0.717, 1.165) is 18.4 Å². The van der Waals surface area contributed by atoms with Crippen molar-refractivity contribution in [1.82, 2.24) is 0 Å². The Bertz CT molecular complexity index is 434. The normalized spacial score (nSPS) is 27.8. The second-order valence-corrected chi connectivity index (χ2v) is 5.43. The first-order valence-corrected chi connectivity index (χ1v) is 6.05. The zero-order valence-corrected chi connectivity index (χ0v) is 10.3. The fourth-order valence-corrected chi connectivity index (χ4v) is 2.68. The maximum absolute atomic E-state index is 11.5.